The molecule has 1 fully saturated rings. The molecule has 3 aromatic heterocycles. The number of nitrogens with zero attached hydrogens (tertiary/aromatic N) is 4. The molecule has 0 spiro atoms. The minimum atomic E-state index is 0.0926. The second-order valence-electron chi connectivity index (χ2n) is 7.47. The van der Waals surface area contributed by atoms with Crippen LogP contribution in [0.25, 0.3) is 21.5 Å². The van der Waals surface area contributed by atoms with Crippen LogP contribution in [0, 0.1) is 0 Å². The van der Waals surface area contributed by atoms with Crippen LogP contribution in [0.3, 0.4) is 0 Å². The number of thiophene rings is 1. The first-order valence-corrected chi connectivity index (χ1v) is 11.0. The Morgan fingerprint density at radius 1 is 0.967 bits per heavy atom. The molecule has 0 aliphatic carbocycles. The summed E-state index contributed by atoms with van der Waals surface area (Å²) in [7, 11) is 0. The zero-order valence-electron chi connectivity index (χ0n) is 16.6. The molecule has 4 aromatic rings. The molecule has 1 aromatic carbocycles. The lowest BCUT2D eigenvalue weighted by Crippen LogP contribution is -2.48. The summed E-state index contributed by atoms with van der Waals surface area (Å²) in [6.45, 7) is 4.10. The molecule has 4 heterocycles. The highest BCUT2D eigenvalue weighted by Gasteiger charge is 2.24. The molecular formula is C24H22N4OS. The fraction of sp³-hybridized carbons (Fsp3) is 0.208. The van der Waals surface area contributed by atoms with E-state index < -0.39 is 0 Å². The maximum atomic E-state index is 13.5. The highest BCUT2D eigenvalue weighted by molar-refractivity contribution is 7.13. The average Bonchev–Trinajstić information content (AvgIpc) is 3.34. The number of aromatic nitrogens is 2. The minimum absolute atomic E-state index is 0.0926. The van der Waals surface area contributed by atoms with Gasteiger partial charge in [-0.3, -0.25) is 14.7 Å². The van der Waals surface area contributed by atoms with Crippen molar-refractivity contribution in [1.82, 2.24) is 19.8 Å². The quantitative estimate of drug-likeness (QED) is 0.499. The molecule has 5 rings (SSSR count). The number of rotatable bonds is 4. The maximum absolute atomic E-state index is 13.5. The Labute approximate surface area is 179 Å². The van der Waals surface area contributed by atoms with Gasteiger partial charge in [-0.15, -0.1) is 11.3 Å². The van der Waals surface area contributed by atoms with Gasteiger partial charge >= 0.3 is 0 Å². The summed E-state index contributed by atoms with van der Waals surface area (Å²) in [6, 6.07) is 18.0. The van der Waals surface area contributed by atoms with Gasteiger partial charge in [0.1, 0.15) is 0 Å². The van der Waals surface area contributed by atoms with Crippen molar-refractivity contribution in [2.24, 2.45) is 0 Å². The van der Waals surface area contributed by atoms with Crippen molar-refractivity contribution < 1.29 is 4.79 Å². The van der Waals surface area contributed by atoms with E-state index in [0.717, 1.165) is 59.8 Å². The summed E-state index contributed by atoms with van der Waals surface area (Å²) >= 11 is 1.64. The van der Waals surface area contributed by atoms with Gasteiger partial charge in [0.2, 0.25) is 0 Å². The molecule has 1 aliphatic heterocycles. The summed E-state index contributed by atoms with van der Waals surface area (Å²) in [6.07, 6.45) is 3.66. The molecule has 0 bridgehead atoms. The summed E-state index contributed by atoms with van der Waals surface area (Å²) in [5, 5.41) is 2.96. The number of benzene rings is 1. The van der Waals surface area contributed by atoms with Gasteiger partial charge in [-0.05, 0) is 41.3 Å². The number of carbonyl (C=O) groups excluding carboxylic acids is 1. The van der Waals surface area contributed by atoms with Crippen molar-refractivity contribution in [1.29, 1.82) is 0 Å². The van der Waals surface area contributed by atoms with Crippen LogP contribution in [0.1, 0.15) is 15.9 Å². The number of amides is 1. The van der Waals surface area contributed by atoms with Crippen LogP contribution in [0.5, 0.6) is 0 Å². The Morgan fingerprint density at radius 2 is 1.77 bits per heavy atom. The van der Waals surface area contributed by atoms with Crippen LogP contribution < -0.4 is 0 Å². The van der Waals surface area contributed by atoms with Crippen LogP contribution >= 0.6 is 11.3 Å². The number of pyridine rings is 2. The molecule has 0 unspecified atom stereocenters. The van der Waals surface area contributed by atoms with Gasteiger partial charge in [-0.1, -0.05) is 24.3 Å². The van der Waals surface area contributed by atoms with Crippen molar-refractivity contribution >= 4 is 28.1 Å². The highest BCUT2D eigenvalue weighted by Crippen LogP contribution is 2.28. The molecule has 6 heteroatoms. The van der Waals surface area contributed by atoms with Crippen molar-refractivity contribution in [3.8, 4) is 10.6 Å². The van der Waals surface area contributed by atoms with Crippen molar-refractivity contribution in [3.05, 3.63) is 83.5 Å². The molecule has 1 aliphatic rings. The fourth-order valence-corrected chi connectivity index (χ4v) is 4.61. The summed E-state index contributed by atoms with van der Waals surface area (Å²) in [4.78, 5) is 27.8. The minimum Gasteiger partial charge on any atom is -0.336 e. The van der Waals surface area contributed by atoms with Gasteiger partial charge in [0, 0.05) is 50.5 Å². The van der Waals surface area contributed by atoms with Gasteiger partial charge in [-0.2, -0.15) is 0 Å². The Bertz CT molecular complexity index is 1150. The highest BCUT2D eigenvalue weighted by atomic mass is 32.1. The third-order valence-electron chi connectivity index (χ3n) is 5.54. The predicted octanol–water partition coefficient (Wildman–Crippen LogP) is 4.32. The fourth-order valence-electron chi connectivity index (χ4n) is 3.93. The molecular weight excluding hydrogens is 392 g/mol. The van der Waals surface area contributed by atoms with E-state index in [1.807, 2.05) is 77.3 Å². The van der Waals surface area contributed by atoms with E-state index in [1.54, 1.807) is 11.3 Å². The first-order valence-electron chi connectivity index (χ1n) is 10.1. The zero-order valence-corrected chi connectivity index (χ0v) is 17.4. The van der Waals surface area contributed by atoms with Crippen LogP contribution in [0.2, 0.25) is 0 Å². The number of carbonyl (C=O) groups is 1. The average molecular weight is 415 g/mol. The summed E-state index contributed by atoms with van der Waals surface area (Å²) in [5.74, 6) is 0.0926. The van der Waals surface area contributed by atoms with E-state index in [-0.39, 0.29) is 5.91 Å². The number of hydrogen-bond donors (Lipinski definition) is 0. The predicted molar refractivity (Wildman–Crippen MR) is 120 cm³/mol. The second kappa shape index (κ2) is 8.34. The van der Waals surface area contributed by atoms with Gasteiger partial charge in [0.15, 0.2) is 0 Å². The lowest BCUT2D eigenvalue weighted by atomic mass is 10.1. The Hall–Kier alpha value is -3.09. The van der Waals surface area contributed by atoms with Crippen LogP contribution in [-0.4, -0.2) is 51.9 Å². The van der Waals surface area contributed by atoms with E-state index in [2.05, 4.69) is 9.88 Å². The molecule has 30 heavy (non-hydrogen) atoms. The van der Waals surface area contributed by atoms with E-state index in [9.17, 15) is 4.79 Å². The Morgan fingerprint density at radius 3 is 2.53 bits per heavy atom. The van der Waals surface area contributed by atoms with E-state index >= 15 is 0 Å². The van der Waals surface area contributed by atoms with Crippen molar-refractivity contribution in [2.45, 2.75) is 6.54 Å². The normalized spacial score (nSPS) is 14.9. The first-order chi connectivity index (χ1) is 14.8. The van der Waals surface area contributed by atoms with E-state index in [0.29, 0.717) is 0 Å². The zero-order chi connectivity index (χ0) is 20.3. The van der Waals surface area contributed by atoms with Gasteiger partial charge < -0.3 is 4.90 Å². The standard InChI is InChI=1S/C24H22N4OS/c29-24(28-13-11-27(12-14-28)17-18-7-9-25-10-8-18)20-16-22(23-6-3-15-30-23)26-21-5-2-1-4-19(20)21/h1-10,15-16H,11-14,17H2. The summed E-state index contributed by atoms with van der Waals surface area (Å²) < 4.78 is 0. The molecule has 0 N–H and O–H groups in total. The molecule has 5 nitrogen and oxygen atoms in total. The SMILES string of the molecule is O=C(c1cc(-c2cccs2)nc2ccccc12)N1CCN(Cc2ccncc2)CC1. The molecule has 0 atom stereocenters. The molecule has 1 amide bonds. The summed E-state index contributed by atoms with van der Waals surface area (Å²) in [5.41, 5.74) is 3.73. The van der Waals surface area contributed by atoms with Crippen molar-refractivity contribution in [3.63, 3.8) is 0 Å². The van der Waals surface area contributed by atoms with E-state index in [1.165, 1.54) is 5.56 Å². The third-order valence-corrected chi connectivity index (χ3v) is 6.43. The maximum Gasteiger partial charge on any atom is 0.254 e. The second-order valence-corrected chi connectivity index (χ2v) is 8.42. The Kier molecular flexibility index (Phi) is 5.26. The molecule has 0 saturated carbocycles. The Balaban J connectivity index is 1.37. The number of fused-ring (bicyclic) bond motifs is 1. The van der Waals surface area contributed by atoms with Crippen LogP contribution in [0.4, 0.5) is 0 Å². The molecule has 1 saturated heterocycles. The van der Waals surface area contributed by atoms with E-state index in [4.69, 9.17) is 4.98 Å². The number of hydrogen-bond acceptors (Lipinski definition) is 5. The lowest BCUT2D eigenvalue weighted by molar-refractivity contribution is 0.0630. The van der Waals surface area contributed by atoms with Gasteiger partial charge in [0.25, 0.3) is 5.91 Å². The third kappa shape index (κ3) is 3.84. The first kappa shape index (κ1) is 18.9. The van der Waals surface area contributed by atoms with Crippen LogP contribution in [0.15, 0.2) is 72.4 Å². The van der Waals surface area contributed by atoms with Crippen LogP contribution in [-0.2, 0) is 6.54 Å². The van der Waals surface area contributed by atoms with Gasteiger partial charge in [0.05, 0.1) is 21.7 Å². The number of piperazine rings is 1. The van der Waals surface area contributed by atoms with Crippen molar-refractivity contribution in [2.75, 3.05) is 26.2 Å². The number of para-hydroxylation sites is 1. The lowest BCUT2D eigenvalue weighted by Gasteiger charge is -2.35. The topological polar surface area (TPSA) is 49.3 Å². The largest absolute Gasteiger partial charge is 0.336 e. The van der Waals surface area contributed by atoms with Gasteiger partial charge in [-0.25, -0.2) is 4.98 Å². The monoisotopic (exact) mass is 414 g/mol. The smallest absolute Gasteiger partial charge is 0.254 e. The molecule has 150 valence electrons. The molecule has 0 radical (unpaired) electrons.